The zero-order chi connectivity index (χ0) is 13.6. The zero-order valence-corrected chi connectivity index (χ0v) is 8.23. The molecule has 0 heterocycles. The lowest BCUT2D eigenvalue weighted by molar-refractivity contribution is -0.163. The second-order valence-corrected chi connectivity index (χ2v) is 2.81. The first kappa shape index (κ1) is 15.0. The van der Waals surface area contributed by atoms with E-state index in [2.05, 4.69) is 4.74 Å². The van der Waals surface area contributed by atoms with Gasteiger partial charge in [0.2, 0.25) is 0 Å². The highest BCUT2D eigenvalue weighted by atomic mass is 19.4. The van der Waals surface area contributed by atoms with Gasteiger partial charge in [-0.25, -0.2) is 4.79 Å². The number of carbonyl (C=O) groups excluding carboxylic acids is 1. The van der Waals surface area contributed by atoms with Crippen molar-refractivity contribution in [2.75, 3.05) is 19.7 Å². The molecule has 10 heteroatoms. The van der Waals surface area contributed by atoms with Crippen molar-refractivity contribution in [3.8, 4) is 0 Å². The molecule has 0 aromatic rings. The number of ether oxygens (including phenoxy) is 1. The standard InChI is InChI=1S/C7H8F3NO6/c8-7(9,10)3-17-6(16)11(1-4(12)13)2-5(14)15/h1-3H2,(H,12,13)(H,14,15). The summed E-state index contributed by atoms with van der Waals surface area (Å²) in [6, 6.07) is 0. The lowest BCUT2D eigenvalue weighted by Crippen LogP contribution is -2.40. The number of carbonyl (C=O) groups is 3. The number of nitrogens with zero attached hydrogens (tertiary/aromatic N) is 1. The molecule has 98 valence electrons. The van der Waals surface area contributed by atoms with Gasteiger partial charge in [-0.05, 0) is 0 Å². The van der Waals surface area contributed by atoms with Crippen molar-refractivity contribution in [1.82, 2.24) is 4.90 Å². The highest BCUT2D eigenvalue weighted by Crippen LogP contribution is 2.15. The van der Waals surface area contributed by atoms with Crippen molar-refractivity contribution in [3.63, 3.8) is 0 Å². The molecular formula is C7H8F3NO6. The molecule has 2 N–H and O–H groups in total. The van der Waals surface area contributed by atoms with Crippen LogP contribution in [0.2, 0.25) is 0 Å². The van der Waals surface area contributed by atoms with Gasteiger partial charge in [0.1, 0.15) is 13.1 Å². The van der Waals surface area contributed by atoms with Crippen molar-refractivity contribution in [1.29, 1.82) is 0 Å². The Labute approximate surface area is 92.4 Å². The van der Waals surface area contributed by atoms with E-state index in [9.17, 15) is 27.6 Å². The molecule has 0 aliphatic heterocycles. The van der Waals surface area contributed by atoms with Crippen LogP contribution in [-0.2, 0) is 14.3 Å². The van der Waals surface area contributed by atoms with Gasteiger partial charge in [0, 0.05) is 0 Å². The van der Waals surface area contributed by atoms with Crippen LogP contribution in [-0.4, -0.2) is 59.0 Å². The highest BCUT2D eigenvalue weighted by molar-refractivity contribution is 5.81. The maximum atomic E-state index is 11.7. The maximum absolute atomic E-state index is 11.7. The fourth-order valence-corrected chi connectivity index (χ4v) is 0.746. The number of hydrogen-bond donors (Lipinski definition) is 2. The molecule has 0 saturated carbocycles. The van der Waals surface area contributed by atoms with Gasteiger partial charge in [0.15, 0.2) is 6.61 Å². The maximum Gasteiger partial charge on any atom is 0.422 e. The third-order valence-electron chi connectivity index (χ3n) is 1.27. The highest BCUT2D eigenvalue weighted by Gasteiger charge is 2.31. The quantitative estimate of drug-likeness (QED) is 0.728. The van der Waals surface area contributed by atoms with E-state index in [1.807, 2.05) is 0 Å². The van der Waals surface area contributed by atoms with Crippen LogP contribution in [0.5, 0.6) is 0 Å². The summed E-state index contributed by atoms with van der Waals surface area (Å²) >= 11 is 0. The molecule has 1 amide bonds. The molecule has 0 atom stereocenters. The summed E-state index contributed by atoms with van der Waals surface area (Å²) in [7, 11) is 0. The minimum Gasteiger partial charge on any atom is -0.480 e. The fourth-order valence-electron chi connectivity index (χ4n) is 0.746. The lowest BCUT2D eigenvalue weighted by atomic mass is 10.5. The summed E-state index contributed by atoms with van der Waals surface area (Å²) in [6.45, 7) is -4.05. The predicted octanol–water partition coefficient (Wildman–Crippen LogP) is 0.157. The smallest absolute Gasteiger partial charge is 0.422 e. The Bertz CT molecular complexity index is 299. The van der Waals surface area contributed by atoms with Gasteiger partial charge >= 0.3 is 24.2 Å². The molecule has 0 saturated heterocycles. The Kier molecular flexibility index (Phi) is 5.22. The number of rotatable bonds is 5. The van der Waals surface area contributed by atoms with E-state index < -0.39 is 43.9 Å². The predicted molar refractivity (Wildman–Crippen MR) is 44.2 cm³/mol. The summed E-state index contributed by atoms with van der Waals surface area (Å²) in [6.07, 6.45) is -6.43. The molecule has 7 nitrogen and oxygen atoms in total. The summed E-state index contributed by atoms with van der Waals surface area (Å²) < 4.78 is 38.7. The van der Waals surface area contributed by atoms with Crippen LogP contribution in [0.15, 0.2) is 0 Å². The van der Waals surface area contributed by atoms with Crippen molar-refractivity contribution >= 4 is 18.0 Å². The largest absolute Gasteiger partial charge is 0.480 e. The molecule has 17 heavy (non-hydrogen) atoms. The van der Waals surface area contributed by atoms with Gasteiger partial charge < -0.3 is 14.9 Å². The fraction of sp³-hybridized carbons (Fsp3) is 0.571. The van der Waals surface area contributed by atoms with Crippen LogP contribution in [0.4, 0.5) is 18.0 Å². The first-order valence-corrected chi connectivity index (χ1v) is 4.04. The van der Waals surface area contributed by atoms with E-state index in [4.69, 9.17) is 10.2 Å². The number of carboxylic acid groups (broad SMARTS) is 2. The molecule has 0 rings (SSSR count). The molecule has 0 bridgehead atoms. The molecule has 0 fully saturated rings. The Morgan fingerprint density at radius 1 is 1.06 bits per heavy atom. The van der Waals surface area contributed by atoms with E-state index in [-0.39, 0.29) is 4.90 Å². The molecule has 0 aromatic carbocycles. The number of amides is 1. The average Bonchev–Trinajstić information content (AvgIpc) is 2.10. The number of alkyl halides is 3. The zero-order valence-electron chi connectivity index (χ0n) is 8.23. The molecule has 0 aliphatic rings. The van der Waals surface area contributed by atoms with Crippen molar-refractivity contribution in [2.45, 2.75) is 6.18 Å². The minimum absolute atomic E-state index is 0.121. The van der Waals surface area contributed by atoms with Crippen molar-refractivity contribution in [3.05, 3.63) is 0 Å². The first-order chi connectivity index (χ1) is 7.61. The SMILES string of the molecule is O=C(O)CN(CC(=O)O)C(=O)OCC(F)(F)F. The Morgan fingerprint density at radius 3 is 1.76 bits per heavy atom. The van der Waals surface area contributed by atoms with Gasteiger partial charge in [0.25, 0.3) is 0 Å². The summed E-state index contributed by atoms with van der Waals surface area (Å²) in [5, 5.41) is 16.6. The molecule has 0 unspecified atom stereocenters. The van der Waals surface area contributed by atoms with Crippen LogP contribution >= 0.6 is 0 Å². The van der Waals surface area contributed by atoms with Gasteiger partial charge in [-0.2, -0.15) is 13.2 Å². The summed E-state index contributed by atoms with van der Waals surface area (Å²) in [4.78, 5) is 31.5. The molecule has 0 radical (unpaired) electrons. The van der Waals surface area contributed by atoms with E-state index in [1.165, 1.54) is 0 Å². The summed E-state index contributed by atoms with van der Waals surface area (Å²) in [5.41, 5.74) is 0. The number of aliphatic carboxylic acids is 2. The van der Waals surface area contributed by atoms with E-state index in [1.54, 1.807) is 0 Å². The third-order valence-corrected chi connectivity index (χ3v) is 1.27. The Hall–Kier alpha value is -2.00. The molecular weight excluding hydrogens is 251 g/mol. The number of halogens is 3. The van der Waals surface area contributed by atoms with E-state index in [0.29, 0.717) is 0 Å². The van der Waals surface area contributed by atoms with Crippen molar-refractivity contribution in [2.24, 2.45) is 0 Å². The van der Waals surface area contributed by atoms with Crippen LogP contribution in [0.3, 0.4) is 0 Å². The van der Waals surface area contributed by atoms with Crippen LogP contribution in [0.1, 0.15) is 0 Å². The topological polar surface area (TPSA) is 104 Å². The molecule has 0 aliphatic carbocycles. The van der Waals surface area contributed by atoms with Crippen LogP contribution < -0.4 is 0 Å². The van der Waals surface area contributed by atoms with Gasteiger partial charge in [-0.1, -0.05) is 0 Å². The second-order valence-electron chi connectivity index (χ2n) is 2.81. The normalized spacial score (nSPS) is 10.8. The molecule has 0 aromatic heterocycles. The van der Waals surface area contributed by atoms with Crippen LogP contribution in [0.25, 0.3) is 0 Å². The number of hydrogen-bond acceptors (Lipinski definition) is 4. The Balaban J connectivity index is 4.42. The average molecular weight is 259 g/mol. The van der Waals surface area contributed by atoms with E-state index >= 15 is 0 Å². The summed E-state index contributed by atoms with van der Waals surface area (Å²) in [5.74, 6) is -3.15. The first-order valence-electron chi connectivity index (χ1n) is 4.04. The third kappa shape index (κ3) is 7.88. The number of carboxylic acids is 2. The van der Waals surface area contributed by atoms with Gasteiger partial charge in [-0.15, -0.1) is 0 Å². The van der Waals surface area contributed by atoms with Crippen LogP contribution in [0, 0.1) is 0 Å². The van der Waals surface area contributed by atoms with Gasteiger partial charge in [0.05, 0.1) is 0 Å². The lowest BCUT2D eigenvalue weighted by Gasteiger charge is -2.18. The van der Waals surface area contributed by atoms with Gasteiger partial charge in [-0.3, -0.25) is 14.5 Å². The Morgan fingerprint density at radius 2 is 1.47 bits per heavy atom. The van der Waals surface area contributed by atoms with Crippen molar-refractivity contribution < 1.29 is 42.5 Å². The second kappa shape index (κ2) is 5.92. The monoisotopic (exact) mass is 259 g/mol. The molecule has 0 spiro atoms. The van der Waals surface area contributed by atoms with E-state index in [0.717, 1.165) is 0 Å². The minimum atomic E-state index is -4.77.